The van der Waals surface area contributed by atoms with E-state index in [9.17, 15) is 9.59 Å². The molecule has 2 amide bonds. The molecule has 0 bridgehead atoms. The largest absolute Gasteiger partial charge is 0.368 e. The third kappa shape index (κ3) is 3.65. The average Bonchev–Trinajstić information content (AvgIpc) is 3.39. The van der Waals surface area contributed by atoms with Gasteiger partial charge in [0.1, 0.15) is 11.9 Å². The van der Waals surface area contributed by atoms with Crippen LogP contribution in [0.1, 0.15) is 31.2 Å². The molecule has 1 saturated heterocycles. The number of carbonyl (C=O) groups excluding carboxylic acids is 2. The smallest absolute Gasteiger partial charge is 0.240 e. The Bertz CT molecular complexity index is 892. The number of hydrogen-bond acceptors (Lipinski definition) is 4. The molecule has 1 aromatic carbocycles. The zero-order valence-corrected chi connectivity index (χ0v) is 15.4. The highest BCUT2D eigenvalue weighted by molar-refractivity contribution is 5.93. The summed E-state index contributed by atoms with van der Waals surface area (Å²) >= 11 is 0. The number of nitrogens with one attached hydrogen (secondary N) is 1. The first kappa shape index (κ1) is 17.5. The van der Waals surface area contributed by atoms with Crippen LogP contribution in [0.3, 0.4) is 0 Å². The molecular weight excluding hydrogens is 340 g/mol. The Morgan fingerprint density at radius 2 is 1.93 bits per heavy atom. The number of aryl methyl sites for hydroxylation is 1. The predicted octanol–water partition coefficient (Wildman–Crippen LogP) is 2.86. The molecule has 4 rings (SSSR count). The Morgan fingerprint density at radius 3 is 2.63 bits per heavy atom. The molecule has 2 aliphatic rings. The van der Waals surface area contributed by atoms with Crippen molar-refractivity contribution in [3.05, 3.63) is 42.1 Å². The first-order chi connectivity index (χ1) is 13.0. The van der Waals surface area contributed by atoms with Gasteiger partial charge in [0, 0.05) is 24.3 Å². The Morgan fingerprint density at radius 1 is 1.15 bits per heavy atom. The quantitative estimate of drug-likeness (QED) is 0.854. The maximum atomic E-state index is 12.0. The number of benzene rings is 1. The third-order valence-corrected chi connectivity index (χ3v) is 5.38. The van der Waals surface area contributed by atoms with Crippen molar-refractivity contribution in [3.8, 4) is 11.1 Å². The van der Waals surface area contributed by atoms with Gasteiger partial charge in [0.25, 0.3) is 0 Å². The van der Waals surface area contributed by atoms with Gasteiger partial charge >= 0.3 is 0 Å². The minimum atomic E-state index is -0.263. The van der Waals surface area contributed by atoms with E-state index >= 15 is 0 Å². The molecule has 1 aliphatic heterocycles. The maximum Gasteiger partial charge on any atom is 0.240 e. The van der Waals surface area contributed by atoms with Crippen LogP contribution in [0.2, 0.25) is 0 Å². The zero-order valence-electron chi connectivity index (χ0n) is 15.4. The summed E-state index contributed by atoms with van der Waals surface area (Å²) in [5, 5.41) is 2.89. The van der Waals surface area contributed by atoms with E-state index in [1.54, 1.807) is 6.20 Å². The summed E-state index contributed by atoms with van der Waals surface area (Å²) in [4.78, 5) is 30.0. The lowest BCUT2D eigenvalue weighted by Crippen LogP contribution is -2.40. The van der Waals surface area contributed by atoms with E-state index in [0.29, 0.717) is 5.82 Å². The van der Waals surface area contributed by atoms with Crippen molar-refractivity contribution in [1.82, 2.24) is 4.98 Å². The van der Waals surface area contributed by atoms with E-state index in [1.165, 1.54) is 0 Å². The lowest BCUT2D eigenvalue weighted by atomic mass is 10.0. The molecule has 2 fully saturated rings. The summed E-state index contributed by atoms with van der Waals surface area (Å²) in [6, 6.07) is 9.81. The minimum absolute atomic E-state index is 0.0534. The summed E-state index contributed by atoms with van der Waals surface area (Å²) in [5.41, 5.74) is 9.76. The van der Waals surface area contributed by atoms with Gasteiger partial charge in [-0.05, 0) is 73.6 Å². The van der Waals surface area contributed by atoms with Gasteiger partial charge in [0.15, 0.2) is 0 Å². The van der Waals surface area contributed by atoms with Crippen molar-refractivity contribution in [2.75, 3.05) is 16.8 Å². The number of nitrogens with zero attached hydrogens (tertiary/aromatic N) is 2. The molecule has 6 heteroatoms. The molecular formula is C21H24N4O2. The number of pyridine rings is 1. The van der Waals surface area contributed by atoms with E-state index < -0.39 is 0 Å². The molecule has 1 aliphatic carbocycles. The lowest BCUT2D eigenvalue weighted by molar-refractivity contribution is -0.119. The summed E-state index contributed by atoms with van der Waals surface area (Å²) in [7, 11) is 0. The normalized spacial score (nSPS) is 19.1. The van der Waals surface area contributed by atoms with Crippen LogP contribution < -0.4 is 16.0 Å². The highest BCUT2D eigenvalue weighted by Gasteiger charge is 2.30. The third-order valence-electron chi connectivity index (χ3n) is 5.38. The molecule has 1 saturated carbocycles. The Hall–Kier alpha value is -2.89. The second-order valence-corrected chi connectivity index (χ2v) is 7.45. The van der Waals surface area contributed by atoms with Gasteiger partial charge in [0.2, 0.25) is 11.8 Å². The van der Waals surface area contributed by atoms with E-state index in [4.69, 9.17) is 5.73 Å². The van der Waals surface area contributed by atoms with Gasteiger partial charge < -0.3 is 16.0 Å². The molecule has 2 heterocycles. The van der Waals surface area contributed by atoms with Crippen molar-refractivity contribution >= 4 is 23.3 Å². The van der Waals surface area contributed by atoms with Gasteiger partial charge in [-0.25, -0.2) is 4.98 Å². The summed E-state index contributed by atoms with van der Waals surface area (Å²) < 4.78 is 0. The van der Waals surface area contributed by atoms with Crippen molar-refractivity contribution < 1.29 is 9.59 Å². The molecule has 140 valence electrons. The Kier molecular flexibility index (Phi) is 4.56. The highest BCUT2D eigenvalue weighted by Crippen LogP contribution is 2.33. The fourth-order valence-corrected chi connectivity index (χ4v) is 3.76. The molecule has 0 spiro atoms. The molecule has 2 aromatic rings. The zero-order chi connectivity index (χ0) is 19.0. The molecule has 1 atom stereocenters. The van der Waals surface area contributed by atoms with Crippen LogP contribution in [-0.2, 0) is 9.59 Å². The van der Waals surface area contributed by atoms with E-state index in [-0.39, 0.29) is 23.8 Å². The van der Waals surface area contributed by atoms with Gasteiger partial charge in [-0.3, -0.25) is 9.59 Å². The predicted molar refractivity (Wildman–Crippen MR) is 105 cm³/mol. The Balaban J connectivity index is 1.57. The molecule has 3 N–H and O–H groups in total. The molecule has 0 radical (unpaired) electrons. The van der Waals surface area contributed by atoms with Crippen molar-refractivity contribution in [3.63, 3.8) is 0 Å². The second-order valence-electron chi connectivity index (χ2n) is 7.45. The summed E-state index contributed by atoms with van der Waals surface area (Å²) in [6.07, 6.45) is 5.43. The van der Waals surface area contributed by atoms with Crippen LogP contribution in [0, 0.1) is 12.8 Å². The minimum Gasteiger partial charge on any atom is -0.368 e. The summed E-state index contributed by atoms with van der Waals surface area (Å²) in [6.45, 7) is 2.90. The number of hydrogen-bond donors (Lipinski definition) is 2. The monoisotopic (exact) mass is 364 g/mol. The second kappa shape index (κ2) is 7.02. The van der Waals surface area contributed by atoms with E-state index in [2.05, 4.69) is 27.3 Å². The average molecular weight is 364 g/mol. The van der Waals surface area contributed by atoms with Crippen molar-refractivity contribution in [1.29, 1.82) is 0 Å². The van der Waals surface area contributed by atoms with Crippen molar-refractivity contribution in [2.24, 2.45) is 11.7 Å². The number of primary amides is 1. The molecule has 0 unspecified atom stereocenters. The van der Waals surface area contributed by atoms with Gasteiger partial charge in [-0.2, -0.15) is 0 Å². The lowest BCUT2D eigenvalue weighted by Gasteiger charge is -2.26. The van der Waals surface area contributed by atoms with Crippen LogP contribution in [-0.4, -0.2) is 29.4 Å². The van der Waals surface area contributed by atoms with Crippen LogP contribution in [0.4, 0.5) is 11.5 Å². The topological polar surface area (TPSA) is 88.3 Å². The van der Waals surface area contributed by atoms with Crippen LogP contribution in [0.15, 0.2) is 36.5 Å². The number of carbonyl (C=O) groups is 2. The van der Waals surface area contributed by atoms with Gasteiger partial charge in [-0.15, -0.1) is 0 Å². The van der Waals surface area contributed by atoms with Gasteiger partial charge in [0.05, 0.1) is 0 Å². The number of amides is 2. The molecule has 6 nitrogen and oxygen atoms in total. The number of rotatable bonds is 5. The number of aromatic nitrogens is 1. The standard InChI is InChI=1S/C21H24N4O2/c1-13-11-15(6-7-17(13)25-10-2-3-18(25)20(22)26)16-8-9-23-19(12-16)24-21(27)14-4-5-14/h6-9,11-12,14,18H,2-5,10H2,1H3,(H2,22,26)(H,23,24,27)/t18-/m1/s1. The fourth-order valence-electron chi connectivity index (χ4n) is 3.76. The van der Waals surface area contributed by atoms with Crippen LogP contribution in [0.25, 0.3) is 11.1 Å². The Labute approximate surface area is 158 Å². The van der Waals surface area contributed by atoms with Crippen molar-refractivity contribution in [2.45, 2.75) is 38.6 Å². The first-order valence-corrected chi connectivity index (χ1v) is 9.47. The first-order valence-electron chi connectivity index (χ1n) is 9.47. The summed E-state index contributed by atoms with van der Waals surface area (Å²) in [5.74, 6) is 0.522. The highest BCUT2D eigenvalue weighted by atomic mass is 16.2. The molecule has 27 heavy (non-hydrogen) atoms. The number of nitrogens with two attached hydrogens (primary N) is 1. The number of anilines is 2. The van der Waals surface area contributed by atoms with E-state index in [0.717, 1.165) is 54.6 Å². The van der Waals surface area contributed by atoms with E-state index in [1.807, 2.05) is 25.1 Å². The van der Waals surface area contributed by atoms with Crippen LogP contribution >= 0.6 is 0 Å². The SMILES string of the molecule is Cc1cc(-c2ccnc(NC(=O)C3CC3)c2)ccc1N1CCC[C@@H]1C(N)=O. The molecule has 1 aromatic heterocycles. The fraction of sp³-hybridized carbons (Fsp3) is 0.381. The van der Waals surface area contributed by atoms with Gasteiger partial charge in [-0.1, -0.05) is 6.07 Å². The maximum absolute atomic E-state index is 12.0. The van der Waals surface area contributed by atoms with Crippen LogP contribution in [0.5, 0.6) is 0 Å².